The van der Waals surface area contributed by atoms with Gasteiger partial charge in [0.1, 0.15) is 24.7 Å². The van der Waals surface area contributed by atoms with Gasteiger partial charge < -0.3 is 28.5 Å². The zero-order valence-corrected chi connectivity index (χ0v) is 14.0. The van der Waals surface area contributed by atoms with E-state index in [-0.39, 0.29) is 6.03 Å². The van der Waals surface area contributed by atoms with E-state index in [9.17, 15) is 4.79 Å². The standard InChI is InChI=1S/C19H18N2O5/c22-19(20-14-5-6-17-18(11-14)26-10-9-25-17)21(12-15-3-1-7-23-15)13-16-4-2-8-24-16/h1-8,11H,9-10,12-13H2,(H,20,22). The average molecular weight is 354 g/mol. The maximum absolute atomic E-state index is 12.8. The predicted octanol–water partition coefficient (Wildman–Crippen LogP) is 3.88. The lowest BCUT2D eigenvalue weighted by Crippen LogP contribution is -2.33. The number of urea groups is 1. The molecule has 1 aliphatic heterocycles. The van der Waals surface area contributed by atoms with Gasteiger partial charge in [0.05, 0.1) is 25.6 Å². The van der Waals surface area contributed by atoms with Crippen LogP contribution in [0.15, 0.2) is 63.8 Å². The molecule has 2 aromatic heterocycles. The second-order valence-corrected chi connectivity index (χ2v) is 5.80. The number of hydrogen-bond acceptors (Lipinski definition) is 5. The number of benzene rings is 1. The van der Waals surface area contributed by atoms with Gasteiger partial charge >= 0.3 is 6.03 Å². The molecular formula is C19H18N2O5. The van der Waals surface area contributed by atoms with Crippen LogP contribution < -0.4 is 14.8 Å². The van der Waals surface area contributed by atoms with E-state index in [4.69, 9.17) is 18.3 Å². The van der Waals surface area contributed by atoms with Crippen LogP contribution in [-0.4, -0.2) is 24.1 Å². The first-order valence-electron chi connectivity index (χ1n) is 8.28. The fraction of sp³-hybridized carbons (Fsp3) is 0.211. The first-order valence-corrected chi connectivity index (χ1v) is 8.28. The number of rotatable bonds is 5. The summed E-state index contributed by atoms with van der Waals surface area (Å²) in [7, 11) is 0. The smallest absolute Gasteiger partial charge is 0.322 e. The molecule has 4 rings (SSSR count). The molecule has 0 unspecified atom stereocenters. The Morgan fingerprint density at radius 2 is 1.58 bits per heavy atom. The fourth-order valence-corrected chi connectivity index (χ4v) is 2.70. The van der Waals surface area contributed by atoms with E-state index >= 15 is 0 Å². The van der Waals surface area contributed by atoms with Gasteiger partial charge in [0.15, 0.2) is 11.5 Å². The first-order chi connectivity index (χ1) is 12.8. The summed E-state index contributed by atoms with van der Waals surface area (Å²) in [6.45, 7) is 1.67. The minimum Gasteiger partial charge on any atom is -0.486 e. The largest absolute Gasteiger partial charge is 0.486 e. The van der Waals surface area contributed by atoms with Gasteiger partial charge in [-0.1, -0.05) is 0 Å². The Balaban J connectivity index is 1.50. The van der Waals surface area contributed by atoms with E-state index < -0.39 is 0 Å². The monoisotopic (exact) mass is 354 g/mol. The Morgan fingerprint density at radius 1 is 0.923 bits per heavy atom. The first kappa shape index (κ1) is 16.1. The summed E-state index contributed by atoms with van der Waals surface area (Å²) in [5.41, 5.74) is 0.628. The molecular weight excluding hydrogens is 336 g/mol. The van der Waals surface area contributed by atoms with Crippen molar-refractivity contribution >= 4 is 11.7 Å². The zero-order chi connectivity index (χ0) is 17.8. The molecule has 0 bridgehead atoms. The van der Waals surface area contributed by atoms with E-state index in [1.807, 2.05) is 12.1 Å². The normalized spacial score (nSPS) is 12.6. The molecule has 26 heavy (non-hydrogen) atoms. The van der Waals surface area contributed by atoms with Gasteiger partial charge in [0.25, 0.3) is 0 Å². The molecule has 7 nitrogen and oxygen atoms in total. The van der Waals surface area contributed by atoms with Crippen LogP contribution in [-0.2, 0) is 13.1 Å². The molecule has 0 saturated heterocycles. The number of anilines is 1. The van der Waals surface area contributed by atoms with Gasteiger partial charge in [0, 0.05) is 11.8 Å². The molecule has 0 saturated carbocycles. The minimum atomic E-state index is -0.269. The molecule has 2 amide bonds. The third kappa shape index (κ3) is 3.66. The van der Waals surface area contributed by atoms with Crippen molar-refractivity contribution in [1.29, 1.82) is 0 Å². The molecule has 1 aliphatic rings. The summed E-state index contributed by atoms with van der Waals surface area (Å²) < 4.78 is 21.8. The molecule has 1 aromatic carbocycles. The summed E-state index contributed by atoms with van der Waals surface area (Å²) >= 11 is 0. The number of amides is 2. The number of nitrogens with one attached hydrogen (secondary N) is 1. The van der Waals surface area contributed by atoms with Gasteiger partial charge in [0.2, 0.25) is 0 Å². The summed E-state index contributed by atoms with van der Waals surface area (Å²) in [5.74, 6) is 2.68. The fourth-order valence-electron chi connectivity index (χ4n) is 2.70. The molecule has 0 atom stereocenters. The van der Waals surface area contributed by atoms with Crippen molar-refractivity contribution in [2.45, 2.75) is 13.1 Å². The summed E-state index contributed by atoms with van der Waals surface area (Å²) in [6.07, 6.45) is 3.16. The number of fused-ring (bicyclic) bond motifs is 1. The third-order valence-corrected chi connectivity index (χ3v) is 3.93. The molecule has 0 aliphatic carbocycles. The van der Waals surface area contributed by atoms with Crippen LogP contribution in [0.2, 0.25) is 0 Å². The maximum atomic E-state index is 12.8. The van der Waals surface area contributed by atoms with Gasteiger partial charge in [-0.05, 0) is 36.4 Å². The Bertz CT molecular complexity index is 822. The van der Waals surface area contributed by atoms with E-state index in [2.05, 4.69) is 5.32 Å². The topological polar surface area (TPSA) is 77.1 Å². The Kier molecular flexibility index (Phi) is 4.51. The number of carbonyl (C=O) groups is 1. The van der Waals surface area contributed by atoms with Crippen molar-refractivity contribution < 1.29 is 23.1 Å². The third-order valence-electron chi connectivity index (χ3n) is 3.93. The molecule has 134 valence electrons. The molecule has 1 N–H and O–H groups in total. The van der Waals surface area contributed by atoms with Crippen LogP contribution in [0.4, 0.5) is 10.5 Å². The highest BCUT2D eigenvalue weighted by molar-refractivity contribution is 5.89. The highest BCUT2D eigenvalue weighted by Gasteiger charge is 2.19. The van der Waals surface area contributed by atoms with Crippen LogP contribution in [0.25, 0.3) is 0 Å². The lowest BCUT2D eigenvalue weighted by molar-refractivity contribution is 0.171. The van der Waals surface area contributed by atoms with E-state index in [0.29, 0.717) is 55.0 Å². The van der Waals surface area contributed by atoms with Gasteiger partial charge in [-0.3, -0.25) is 0 Å². The van der Waals surface area contributed by atoms with Crippen molar-refractivity contribution in [1.82, 2.24) is 4.90 Å². The van der Waals surface area contributed by atoms with Crippen LogP contribution in [0.3, 0.4) is 0 Å². The van der Waals surface area contributed by atoms with E-state index in [1.54, 1.807) is 47.8 Å². The van der Waals surface area contributed by atoms with E-state index in [0.717, 1.165) is 0 Å². The maximum Gasteiger partial charge on any atom is 0.322 e. The molecule has 0 spiro atoms. The van der Waals surface area contributed by atoms with Crippen LogP contribution in [0.1, 0.15) is 11.5 Å². The van der Waals surface area contributed by atoms with Gasteiger partial charge in [-0.15, -0.1) is 0 Å². The van der Waals surface area contributed by atoms with Crippen molar-refractivity contribution in [3.63, 3.8) is 0 Å². The van der Waals surface area contributed by atoms with Crippen LogP contribution >= 0.6 is 0 Å². The lowest BCUT2D eigenvalue weighted by Gasteiger charge is -2.22. The molecule has 0 radical (unpaired) electrons. The SMILES string of the molecule is O=C(Nc1ccc2c(c1)OCCO2)N(Cc1ccco1)Cc1ccco1. The number of furan rings is 2. The highest BCUT2D eigenvalue weighted by atomic mass is 16.6. The van der Waals surface area contributed by atoms with Crippen molar-refractivity contribution in [3.05, 3.63) is 66.5 Å². The van der Waals surface area contributed by atoms with Crippen molar-refractivity contribution in [2.75, 3.05) is 18.5 Å². The average Bonchev–Trinajstić information content (AvgIpc) is 3.35. The number of hydrogen-bond donors (Lipinski definition) is 1. The second kappa shape index (κ2) is 7.26. The molecule has 7 heteroatoms. The van der Waals surface area contributed by atoms with Crippen molar-refractivity contribution in [2.24, 2.45) is 0 Å². The molecule has 0 fully saturated rings. The minimum absolute atomic E-state index is 0.269. The predicted molar refractivity (Wildman–Crippen MR) is 93.1 cm³/mol. The lowest BCUT2D eigenvalue weighted by atomic mass is 10.2. The number of carbonyl (C=O) groups excluding carboxylic acids is 1. The zero-order valence-electron chi connectivity index (χ0n) is 14.0. The highest BCUT2D eigenvalue weighted by Crippen LogP contribution is 2.32. The van der Waals surface area contributed by atoms with Gasteiger partial charge in [-0.25, -0.2) is 4.79 Å². The Morgan fingerprint density at radius 3 is 2.19 bits per heavy atom. The quantitative estimate of drug-likeness (QED) is 0.752. The van der Waals surface area contributed by atoms with Crippen LogP contribution in [0.5, 0.6) is 11.5 Å². The molecule has 3 heterocycles. The summed E-state index contributed by atoms with van der Waals surface area (Å²) in [4.78, 5) is 14.4. The Labute approximate surface area is 150 Å². The van der Waals surface area contributed by atoms with Crippen LogP contribution in [0, 0.1) is 0 Å². The summed E-state index contributed by atoms with van der Waals surface area (Å²) in [6, 6.07) is 12.3. The number of nitrogens with zero attached hydrogens (tertiary/aromatic N) is 1. The number of ether oxygens (including phenoxy) is 2. The second-order valence-electron chi connectivity index (χ2n) is 5.80. The van der Waals surface area contributed by atoms with Gasteiger partial charge in [-0.2, -0.15) is 0 Å². The van der Waals surface area contributed by atoms with E-state index in [1.165, 1.54) is 0 Å². The Hall–Kier alpha value is -3.35. The van der Waals surface area contributed by atoms with Crippen molar-refractivity contribution in [3.8, 4) is 11.5 Å². The summed E-state index contributed by atoms with van der Waals surface area (Å²) in [5, 5.41) is 2.89. The molecule has 3 aromatic rings.